The number of carbonyl (C=O) groups excluding carboxylic acids is 1. The molecule has 5 nitrogen and oxygen atoms in total. The standard InChI is InChI=1S/C27H31N3O2/c1-7-30(8-2)21-10-12-24(19(4)16-21)27(23-11-9-20(29(5)6)15-18(23)3)25-17-28-14-13-22(25)26(31)32-27/h9-17H,7-8H2,1-6H3. The fraction of sp³-hybridized carbons (Fsp3) is 0.333. The highest BCUT2D eigenvalue weighted by Gasteiger charge is 2.50. The number of benzene rings is 2. The Kier molecular flexibility index (Phi) is 5.68. The van der Waals surface area contributed by atoms with Gasteiger partial charge in [0.1, 0.15) is 0 Å². The van der Waals surface area contributed by atoms with Gasteiger partial charge in [-0.25, -0.2) is 4.79 Å². The Morgan fingerprint density at radius 3 is 2.03 bits per heavy atom. The van der Waals surface area contributed by atoms with Crippen molar-refractivity contribution >= 4 is 17.3 Å². The number of fused-ring (bicyclic) bond motifs is 1. The summed E-state index contributed by atoms with van der Waals surface area (Å²) in [6, 6.07) is 14.5. The highest BCUT2D eigenvalue weighted by Crippen LogP contribution is 2.49. The molecule has 4 rings (SSSR count). The molecule has 2 heterocycles. The van der Waals surface area contributed by atoms with E-state index in [-0.39, 0.29) is 5.97 Å². The van der Waals surface area contributed by atoms with Crippen LogP contribution in [0.15, 0.2) is 54.9 Å². The van der Waals surface area contributed by atoms with Gasteiger partial charge in [-0.15, -0.1) is 0 Å². The number of rotatable bonds is 6. The van der Waals surface area contributed by atoms with Crippen molar-refractivity contribution < 1.29 is 9.53 Å². The minimum Gasteiger partial charge on any atom is -0.440 e. The summed E-state index contributed by atoms with van der Waals surface area (Å²) in [7, 11) is 4.05. The maximum atomic E-state index is 13.0. The zero-order valence-corrected chi connectivity index (χ0v) is 19.8. The van der Waals surface area contributed by atoms with E-state index < -0.39 is 5.60 Å². The molecule has 0 radical (unpaired) electrons. The fourth-order valence-corrected chi connectivity index (χ4v) is 4.80. The van der Waals surface area contributed by atoms with Crippen molar-refractivity contribution in [1.29, 1.82) is 0 Å². The van der Waals surface area contributed by atoms with Gasteiger partial charge < -0.3 is 14.5 Å². The number of hydrogen-bond acceptors (Lipinski definition) is 5. The number of ether oxygens (including phenoxy) is 1. The highest BCUT2D eigenvalue weighted by atomic mass is 16.6. The second-order valence-electron chi connectivity index (χ2n) is 8.56. The van der Waals surface area contributed by atoms with Crippen LogP contribution in [-0.2, 0) is 10.3 Å². The van der Waals surface area contributed by atoms with Gasteiger partial charge in [0, 0.05) is 67.6 Å². The lowest BCUT2D eigenvalue weighted by Gasteiger charge is -2.34. The number of nitrogens with zero attached hydrogens (tertiary/aromatic N) is 3. The van der Waals surface area contributed by atoms with E-state index in [0.29, 0.717) is 5.56 Å². The normalized spacial score (nSPS) is 17.1. The number of cyclic esters (lactones) is 1. The molecule has 0 saturated heterocycles. The summed E-state index contributed by atoms with van der Waals surface area (Å²) in [6.45, 7) is 10.4. The summed E-state index contributed by atoms with van der Waals surface area (Å²) in [5.41, 5.74) is 6.68. The van der Waals surface area contributed by atoms with Crippen LogP contribution in [0, 0.1) is 13.8 Å². The molecule has 0 bridgehead atoms. The average molecular weight is 430 g/mol. The van der Waals surface area contributed by atoms with Crippen molar-refractivity contribution in [1.82, 2.24) is 4.98 Å². The molecule has 0 saturated carbocycles. The first-order valence-electron chi connectivity index (χ1n) is 11.2. The van der Waals surface area contributed by atoms with Gasteiger partial charge in [0.15, 0.2) is 5.60 Å². The molecule has 0 spiro atoms. The Bertz CT molecular complexity index is 1170. The van der Waals surface area contributed by atoms with Crippen molar-refractivity contribution in [3.63, 3.8) is 0 Å². The fourth-order valence-electron chi connectivity index (χ4n) is 4.80. The van der Waals surface area contributed by atoms with Crippen molar-refractivity contribution in [2.24, 2.45) is 0 Å². The smallest absolute Gasteiger partial charge is 0.340 e. The molecule has 1 aliphatic rings. The van der Waals surface area contributed by atoms with Crippen LogP contribution in [0.3, 0.4) is 0 Å². The van der Waals surface area contributed by atoms with E-state index in [1.807, 2.05) is 14.1 Å². The van der Waals surface area contributed by atoms with Gasteiger partial charge in [-0.2, -0.15) is 0 Å². The minimum absolute atomic E-state index is 0.314. The van der Waals surface area contributed by atoms with Crippen LogP contribution in [0.25, 0.3) is 0 Å². The Labute approximate surface area is 190 Å². The first kappa shape index (κ1) is 21.9. The van der Waals surface area contributed by atoms with Crippen molar-refractivity contribution in [2.45, 2.75) is 33.3 Å². The van der Waals surface area contributed by atoms with Gasteiger partial charge in [-0.05, 0) is 69.2 Å². The second kappa shape index (κ2) is 8.30. The molecule has 0 fully saturated rings. The van der Waals surface area contributed by atoms with Gasteiger partial charge in [-0.3, -0.25) is 4.98 Å². The summed E-state index contributed by atoms with van der Waals surface area (Å²) in [5, 5.41) is 0. The number of aromatic nitrogens is 1. The zero-order valence-electron chi connectivity index (χ0n) is 19.8. The van der Waals surface area contributed by atoms with Gasteiger partial charge in [-0.1, -0.05) is 12.1 Å². The summed E-state index contributed by atoms with van der Waals surface area (Å²) >= 11 is 0. The molecule has 0 amide bonds. The number of esters is 1. The minimum atomic E-state index is -1.03. The molecule has 1 atom stereocenters. The lowest BCUT2D eigenvalue weighted by atomic mass is 9.77. The third-order valence-electron chi connectivity index (χ3n) is 6.49. The Morgan fingerprint density at radius 2 is 1.47 bits per heavy atom. The molecule has 2 aromatic carbocycles. The summed E-state index contributed by atoms with van der Waals surface area (Å²) in [6.07, 6.45) is 3.42. The van der Waals surface area contributed by atoms with Gasteiger partial charge in [0.25, 0.3) is 0 Å². The number of anilines is 2. The van der Waals surface area contributed by atoms with Gasteiger partial charge >= 0.3 is 5.97 Å². The number of hydrogen-bond donors (Lipinski definition) is 0. The Morgan fingerprint density at radius 1 is 0.875 bits per heavy atom. The molecule has 1 unspecified atom stereocenters. The monoisotopic (exact) mass is 429 g/mol. The van der Waals surface area contributed by atoms with Crippen LogP contribution < -0.4 is 9.80 Å². The number of carbonyl (C=O) groups is 1. The first-order valence-corrected chi connectivity index (χ1v) is 11.2. The molecular formula is C27H31N3O2. The average Bonchev–Trinajstić information content (AvgIpc) is 3.08. The quantitative estimate of drug-likeness (QED) is 0.512. The van der Waals surface area contributed by atoms with E-state index in [4.69, 9.17) is 4.74 Å². The third kappa shape index (κ3) is 3.32. The molecule has 3 aromatic rings. The molecule has 32 heavy (non-hydrogen) atoms. The summed E-state index contributed by atoms with van der Waals surface area (Å²) in [4.78, 5) is 21.8. The van der Waals surface area contributed by atoms with Crippen molar-refractivity contribution in [3.05, 3.63) is 88.2 Å². The number of pyridine rings is 1. The van der Waals surface area contributed by atoms with Crippen LogP contribution in [-0.4, -0.2) is 38.1 Å². The third-order valence-corrected chi connectivity index (χ3v) is 6.49. The first-order chi connectivity index (χ1) is 15.3. The van der Waals surface area contributed by atoms with Crippen molar-refractivity contribution in [2.75, 3.05) is 37.0 Å². The van der Waals surface area contributed by atoms with E-state index in [1.165, 1.54) is 5.69 Å². The van der Waals surface area contributed by atoms with Gasteiger partial charge in [0.05, 0.1) is 5.56 Å². The predicted molar refractivity (Wildman–Crippen MR) is 130 cm³/mol. The van der Waals surface area contributed by atoms with Crippen LogP contribution in [0.2, 0.25) is 0 Å². The number of aryl methyl sites for hydroxylation is 2. The van der Waals surface area contributed by atoms with E-state index in [2.05, 4.69) is 78.9 Å². The molecule has 5 heteroatoms. The predicted octanol–water partition coefficient (Wildman–Crippen LogP) is 5.07. The molecular weight excluding hydrogens is 398 g/mol. The molecule has 166 valence electrons. The second-order valence-corrected chi connectivity index (χ2v) is 8.56. The molecule has 1 aromatic heterocycles. The molecule has 0 N–H and O–H groups in total. The SMILES string of the molecule is CCN(CC)c1ccc(C2(c3ccc(N(C)C)cc3C)OC(=O)c3ccncc32)c(C)c1. The van der Waals surface area contributed by atoms with E-state index in [1.54, 1.807) is 18.5 Å². The molecule has 0 aliphatic carbocycles. The van der Waals surface area contributed by atoms with E-state index in [9.17, 15) is 4.79 Å². The summed E-state index contributed by atoms with van der Waals surface area (Å²) < 4.78 is 6.30. The lowest BCUT2D eigenvalue weighted by Crippen LogP contribution is -2.32. The molecule has 1 aliphatic heterocycles. The lowest BCUT2D eigenvalue weighted by molar-refractivity contribution is 0.0248. The van der Waals surface area contributed by atoms with E-state index >= 15 is 0 Å². The van der Waals surface area contributed by atoms with Crippen LogP contribution in [0.5, 0.6) is 0 Å². The maximum Gasteiger partial charge on any atom is 0.340 e. The Hall–Kier alpha value is -3.34. The zero-order chi connectivity index (χ0) is 23.0. The topological polar surface area (TPSA) is 45.7 Å². The summed E-state index contributed by atoms with van der Waals surface area (Å²) in [5.74, 6) is -0.314. The van der Waals surface area contributed by atoms with Crippen LogP contribution in [0.4, 0.5) is 11.4 Å². The Balaban J connectivity index is 1.99. The van der Waals surface area contributed by atoms with Crippen molar-refractivity contribution in [3.8, 4) is 0 Å². The largest absolute Gasteiger partial charge is 0.440 e. The van der Waals surface area contributed by atoms with E-state index in [0.717, 1.165) is 46.6 Å². The maximum absolute atomic E-state index is 13.0. The van der Waals surface area contributed by atoms with Crippen LogP contribution >= 0.6 is 0 Å². The van der Waals surface area contributed by atoms with Crippen LogP contribution in [0.1, 0.15) is 52.0 Å². The van der Waals surface area contributed by atoms with Gasteiger partial charge in [0.2, 0.25) is 0 Å². The highest BCUT2D eigenvalue weighted by molar-refractivity contribution is 5.96.